The van der Waals surface area contributed by atoms with E-state index in [-0.39, 0.29) is 18.3 Å². The van der Waals surface area contributed by atoms with Crippen LogP contribution in [0.5, 0.6) is 5.75 Å². The van der Waals surface area contributed by atoms with E-state index in [1.165, 1.54) is 6.92 Å². The fourth-order valence-electron chi connectivity index (χ4n) is 2.59. The Morgan fingerprint density at radius 3 is 2.43 bits per heavy atom. The third-order valence-corrected chi connectivity index (χ3v) is 3.91. The van der Waals surface area contributed by atoms with Crippen molar-refractivity contribution in [2.24, 2.45) is 0 Å². The molecule has 0 radical (unpaired) electrons. The Balaban J connectivity index is 1.58. The molecule has 0 spiro atoms. The molecule has 1 aliphatic rings. The van der Waals surface area contributed by atoms with Crippen molar-refractivity contribution in [3.63, 3.8) is 0 Å². The number of likely N-dealkylation sites (tertiary alicyclic amines) is 1. The van der Waals surface area contributed by atoms with Gasteiger partial charge in [0.1, 0.15) is 18.1 Å². The number of hydrogen-bond acceptors (Lipinski definition) is 4. The molecule has 5 nitrogen and oxygen atoms in total. The molecule has 0 saturated carbocycles. The maximum atomic E-state index is 12.2. The molecule has 1 saturated heterocycles. The van der Waals surface area contributed by atoms with E-state index < -0.39 is 0 Å². The third kappa shape index (κ3) is 3.62. The Bertz CT molecular complexity index is 696. The highest BCUT2D eigenvalue weighted by Crippen LogP contribution is 2.18. The van der Waals surface area contributed by atoms with Crippen LogP contribution >= 0.6 is 0 Å². The fourth-order valence-corrected chi connectivity index (χ4v) is 2.59. The Morgan fingerprint density at radius 2 is 1.78 bits per heavy atom. The highest BCUT2D eigenvalue weighted by atomic mass is 16.5. The van der Waals surface area contributed by atoms with Gasteiger partial charge in [-0.15, -0.1) is 0 Å². The van der Waals surface area contributed by atoms with E-state index in [0.29, 0.717) is 22.8 Å². The Labute approximate surface area is 134 Å². The summed E-state index contributed by atoms with van der Waals surface area (Å²) < 4.78 is 11.2. The third-order valence-electron chi connectivity index (χ3n) is 3.91. The summed E-state index contributed by atoms with van der Waals surface area (Å²) in [7, 11) is 0. The van der Waals surface area contributed by atoms with E-state index in [4.69, 9.17) is 9.15 Å². The number of nitrogens with zero attached hydrogens (tertiary/aromatic N) is 1. The van der Waals surface area contributed by atoms with E-state index in [1.807, 2.05) is 4.90 Å². The van der Waals surface area contributed by atoms with Crippen LogP contribution in [-0.4, -0.2) is 29.7 Å². The number of ketones is 1. The summed E-state index contributed by atoms with van der Waals surface area (Å²) in [6.07, 6.45) is 2.11. The summed E-state index contributed by atoms with van der Waals surface area (Å²) in [6, 6.07) is 10.4. The lowest BCUT2D eigenvalue weighted by atomic mass is 10.1. The van der Waals surface area contributed by atoms with E-state index >= 15 is 0 Å². The van der Waals surface area contributed by atoms with Crippen molar-refractivity contribution in [1.82, 2.24) is 4.90 Å². The van der Waals surface area contributed by atoms with Crippen LogP contribution in [-0.2, 0) is 6.61 Å². The Hall–Kier alpha value is -2.56. The minimum Gasteiger partial charge on any atom is -0.486 e. The molecular formula is C18H19NO4. The number of benzene rings is 1. The lowest BCUT2D eigenvalue weighted by Gasteiger charge is -2.12. The largest absolute Gasteiger partial charge is 0.486 e. The SMILES string of the molecule is CC(=O)c1ccc(OCc2ccc(C(=O)N3CCCC3)o2)cc1. The molecule has 1 aromatic carbocycles. The second kappa shape index (κ2) is 6.69. The quantitative estimate of drug-likeness (QED) is 0.795. The summed E-state index contributed by atoms with van der Waals surface area (Å²) in [4.78, 5) is 25.2. The maximum absolute atomic E-state index is 12.2. The minimum absolute atomic E-state index is 0.0210. The van der Waals surface area contributed by atoms with Gasteiger partial charge in [-0.2, -0.15) is 0 Å². The number of amides is 1. The molecule has 0 unspecified atom stereocenters. The van der Waals surface area contributed by atoms with Gasteiger partial charge in [-0.25, -0.2) is 0 Å². The first-order chi connectivity index (χ1) is 11.1. The van der Waals surface area contributed by atoms with Crippen molar-refractivity contribution >= 4 is 11.7 Å². The van der Waals surface area contributed by atoms with Gasteiger partial charge in [-0.05, 0) is 56.2 Å². The summed E-state index contributed by atoms with van der Waals surface area (Å²) >= 11 is 0. The maximum Gasteiger partial charge on any atom is 0.289 e. The first-order valence-corrected chi connectivity index (χ1v) is 7.75. The predicted octanol–water partition coefficient (Wildman–Crippen LogP) is 3.30. The minimum atomic E-state index is -0.0560. The van der Waals surface area contributed by atoms with Crippen LogP contribution in [0.3, 0.4) is 0 Å². The zero-order chi connectivity index (χ0) is 16.2. The van der Waals surface area contributed by atoms with Gasteiger partial charge in [-0.3, -0.25) is 9.59 Å². The zero-order valence-electron chi connectivity index (χ0n) is 13.1. The van der Waals surface area contributed by atoms with Crippen molar-refractivity contribution in [3.05, 3.63) is 53.5 Å². The lowest BCUT2D eigenvalue weighted by molar-refractivity contribution is 0.0757. The molecule has 23 heavy (non-hydrogen) atoms. The summed E-state index contributed by atoms with van der Waals surface area (Å²) in [5.74, 6) is 1.58. The molecule has 120 valence electrons. The molecule has 1 fully saturated rings. The molecule has 0 bridgehead atoms. The average Bonchev–Trinajstić information content (AvgIpc) is 3.24. The number of rotatable bonds is 5. The molecule has 2 aromatic rings. The average molecular weight is 313 g/mol. The number of furan rings is 1. The summed E-state index contributed by atoms with van der Waals surface area (Å²) in [6.45, 7) is 3.37. The van der Waals surface area contributed by atoms with Crippen molar-refractivity contribution in [2.45, 2.75) is 26.4 Å². The van der Waals surface area contributed by atoms with Crippen LogP contribution in [0.1, 0.15) is 46.4 Å². The molecular weight excluding hydrogens is 294 g/mol. The smallest absolute Gasteiger partial charge is 0.289 e. The van der Waals surface area contributed by atoms with Gasteiger partial charge in [0.15, 0.2) is 11.5 Å². The topological polar surface area (TPSA) is 59.8 Å². The predicted molar refractivity (Wildman–Crippen MR) is 84.6 cm³/mol. The van der Waals surface area contributed by atoms with Crippen LogP contribution in [0, 0.1) is 0 Å². The standard InChI is InChI=1S/C18H19NO4/c1-13(20)14-4-6-15(7-5-14)22-12-16-8-9-17(23-16)18(21)19-10-2-3-11-19/h4-9H,2-3,10-12H2,1H3. The summed E-state index contributed by atoms with van der Waals surface area (Å²) in [5, 5.41) is 0. The normalized spacial score (nSPS) is 14.0. The van der Waals surface area contributed by atoms with E-state index in [9.17, 15) is 9.59 Å². The van der Waals surface area contributed by atoms with Crippen LogP contribution < -0.4 is 4.74 Å². The van der Waals surface area contributed by atoms with Crippen molar-refractivity contribution in [1.29, 1.82) is 0 Å². The van der Waals surface area contributed by atoms with E-state index in [1.54, 1.807) is 36.4 Å². The van der Waals surface area contributed by atoms with Gasteiger partial charge in [-0.1, -0.05) is 0 Å². The lowest BCUT2D eigenvalue weighted by Crippen LogP contribution is -2.27. The monoisotopic (exact) mass is 313 g/mol. The van der Waals surface area contributed by atoms with Gasteiger partial charge >= 0.3 is 0 Å². The number of hydrogen-bond donors (Lipinski definition) is 0. The van der Waals surface area contributed by atoms with Gasteiger partial charge in [0.25, 0.3) is 5.91 Å². The van der Waals surface area contributed by atoms with Gasteiger partial charge in [0, 0.05) is 18.7 Å². The molecule has 5 heteroatoms. The number of Topliss-reactive ketones (excluding diaryl/α,β-unsaturated/α-hetero) is 1. The van der Waals surface area contributed by atoms with Gasteiger partial charge in [0.05, 0.1) is 0 Å². The van der Waals surface area contributed by atoms with Crippen LogP contribution in [0.15, 0.2) is 40.8 Å². The number of ether oxygens (including phenoxy) is 1. The summed E-state index contributed by atoms with van der Waals surface area (Å²) in [5.41, 5.74) is 0.647. The number of carbonyl (C=O) groups excluding carboxylic acids is 2. The van der Waals surface area contributed by atoms with Crippen molar-refractivity contribution in [3.8, 4) is 5.75 Å². The molecule has 0 aliphatic carbocycles. The van der Waals surface area contributed by atoms with Crippen LogP contribution in [0.4, 0.5) is 0 Å². The Kier molecular flexibility index (Phi) is 4.46. The molecule has 1 amide bonds. The zero-order valence-corrected chi connectivity index (χ0v) is 13.1. The first-order valence-electron chi connectivity index (χ1n) is 7.75. The number of carbonyl (C=O) groups is 2. The molecule has 3 rings (SSSR count). The van der Waals surface area contributed by atoms with E-state index in [2.05, 4.69) is 0 Å². The van der Waals surface area contributed by atoms with Crippen molar-refractivity contribution < 1.29 is 18.7 Å². The van der Waals surface area contributed by atoms with Gasteiger partial charge < -0.3 is 14.1 Å². The second-order valence-corrected chi connectivity index (χ2v) is 5.63. The van der Waals surface area contributed by atoms with Crippen LogP contribution in [0.25, 0.3) is 0 Å². The van der Waals surface area contributed by atoms with Crippen molar-refractivity contribution in [2.75, 3.05) is 13.1 Å². The fraction of sp³-hybridized carbons (Fsp3) is 0.333. The van der Waals surface area contributed by atoms with Crippen LogP contribution in [0.2, 0.25) is 0 Å². The second-order valence-electron chi connectivity index (χ2n) is 5.63. The molecule has 0 N–H and O–H groups in total. The molecule has 1 aromatic heterocycles. The Morgan fingerprint density at radius 1 is 1.09 bits per heavy atom. The molecule has 2 heterocycles. The molecule has 0 atom stereocenters. The highest BCUT2D eigenvalue weighted by molar-refractivity contribution is 5.94. The molecule has 1 aliphatic heterocycles. The first kappa shape index (κ1) is 15.3. The highest BCUT2D eigenvalue weighted by Gasteiger charge is 2.22. The van der Waals surface area contributed by atoms with Gasteiger partial charge in [0.2, 0.25) is 0 Å². The van der Waals surface area contributed by atoms with E-state index in [0.717, 1.165) is 25.9 Å².